The van der Waals surface area contributed by atoms with Crippen molar-refractivity contribution in [2.24, 2.45) is 5.92 Å². The zero-order chi connectivity index (χ0) is 13.0. The Morgan fingerprint density at radius 2 is 1.94 bits per heavy atom. The first-order valence-electron chi connectivity index (χ1n) is 5.90. The van der Waals surface area contributed by atoms with Gasteiger partial charge in [-0.25, -0.2) is 0 Å². The van der Waals surface area contributed by atoms with Gasteiger partial charge in [-0.3, -0.25) is 24.2 Å². The van der Waals surface area contributed by atoms with Crippen LogP contribution in [0.5, 0.6) is 0 Å². The number of Topliss-reactive ketones (excluding diaryl/α,β-unsaturated/α-hetero) is 1. The van der Waals surface area contributed by atoms with Gasteiger partial charge in [0, 0.05) is 18.9 Å². The van der Waals surface area contributed by atoms with Crippen molar-refractivity contribution in [2.45, 2.75) is 45.8 Å². The second kappa shape index (κ2) is 3.63. The van der Waals surface area contributed by atoms with Gasteiger partial charge in [0.25, 0.3) is 0 Å². The van der Waals surface area contributed by atoms with E-state index in [0.29, 0.717) is 13.0 Å². The van der Waals surface area contributed by atoms with Crippen molar-refractivity contribution in [1.82, 2.24) is 9.80 Å². The first-order chi connectivity index (χ1) is 7.76. The van der Waals surface area contributed by atoms with E-state index in [1.165, 1.54) is 11.8 Å². The maximum Gasteiger partial charge on any atom is 0.233 e. The Morgan fingerprint density at radius 1 is 1.35 bits per heavy atom. The summed E-state index contributed by atoms with van der Waals surface area (Å²) in [4.78, 5) is 38.3. The topological polar surface area (TPSA) is 57.5 Å². The average Bonchev–Trinajstić information content (AvgIpc) is 2.93. The van der Waals surface area contributed by atoms with Gasteiger partial charge in [-0.2, -0.15) is 0 Å². The normalized spacial score (nSPS) is 33.2. The first-order valence-corrected chi connectivity index (χ1v) is 5.90. The number of hydrogen-bond donors (Lipinski definition) is 0. The molecule has 0 aliphatic carbocycles. The SMILES string of the molecule is CC(=O)C(C)(C)N1CC1N1C(=O)CC(C)C1=O. The third-order valence-electron chi connectivity index (χ3n) is 3.87. The highest BCUT2D eigenvalue weighted by Gasteiger charge is 2.55. The van der Waals surface area contributed by atoms with E-state index < -0.39 is 5.54 Å². The van der Waals surface area contributed by atoms with Crippen molar-refractivity contribution in [3.8, 4) is 0 Å². The lowest BCUT2D eigenvalue weighted by Gasteiger charge is -2.25. The maximum absolute atomic E-state index is 11.8. The Kier molecular flexibility index (Phi) is 2.61. The van der Waals surface area contributed by atoms with Gasteiger partial charge in [0.15, 0.2) is 0 Å². The molecule has 0 aromatic rings. The number of ketones is 1. The quantitative estimate of drug-likeness (QED) is 0.527. The number of imide groups is 1. The number of nitrogens with zero attached hydrogens (tertiary/aromatic N) is 2. The number of likely N-dealkylation sites (tertiary alicyclic amines) is 1. The minimum atomic E-state index is -0.600. The molecule has 3 atom stereocenters. The van der Waals surface area contributed by atoms with Gasteiger partial charge in [-0.1, -0.05) is 6.92 Å². The van der Waals surface area contributed by atoms with Crippen LogP contribution in [-0.2, 0) is 14.4 Å². The van der Waals surface area contributed by atoms with Crippen molar-refractivity contribution >= 4 is 17.6 Å². The number of rotatable bonds is 3. The lowest BCUT2D eigenvalue weighted by Crippen LogP contribution is -2.44. The summed E-state index contributed by atoms with van der Waals surface area (Å²) < 4.78 is 0. The molecule has 94 valence electrons. The number of carbonyl (C=O) groups excluding carboxylic acids is 3. The van der Waals surface area contributed by atoms with Gasteiger partial charge in [0.05, 0.1) is 5.54 Å². The van der Waals surface area contributed by atoms with Crippen LogP contribution in [0, 0.1) is 5.92 Å². The Bertz CT molecular complexity index is 403. The summed E-state index contributed by atoms with van der Waals surface area (Å²) in [7, 11) is 0. The molecular weight excluding hydrogens is 220 g/mol. The van der Waals surface area contributed by atoms with Crippen LogP contribution in [0.2, 0.25) is 0 Å². The Morgan fingerprint density at radius 3 is 2.35 bits per heavy atom. The van der Waals surface area contributed by atoms with Crippen LogP contribution in [-0.4, -0.2) is 45.6 Å². The molecule has 2 fully saturated rings. The van der Waals surface area contributed by atoms with E-state index in [1.807, 2.05) is 18.7 Å². The molecule has 0 bridgehead atoms. The highest BCUT2D eigenvalue weighted by atomic mass is 16.2. The first kappa shape index (κ1) is 12.2. The second-order valence-corrected chi connectivity index (χ2v) is 5.46. The van der Waals surface area contributed by atoms with Crippen molar-refractivity contribution < 1.29 is 14.4 Å². The summed E-state index contributed by atoms with van der Waals surface area (Å²) in [5, 5.41) is 0. The van der Waals surface area contributed by atoms with Gasteiger partial charge < -0.3 is 0 Å². The van der Waals surface area contributed by atoms with Crippen LogP contribution in [0.25, 0.3) is 0 Å². The van der Waals surface area contributed by atoms with Gasteiger partial charge >= 0.3 is 0 Å². The molecule has 0 spiro atoms. The lowest BCUT2D eigenvalue weighted by molar-refractivity contribution is -0.142. The van der Waals surface area contributed by atoms with Crippen LogP contribution in [0.3, 0.4) is 0 Å². The van der Waals surface area contributed by atoms with Crippen molar-refractivity contribution in [2.75, 3.05) is 6.54 Å². The molecule has 2 saturated heterocycles. The molecule has 2 amide bonds. The average molecular weight is 238 g/mol. The summed E-state index contributed by atoms with van der Waals surface area (Å²) in [6.45, 7) is 7.55. The monoisotopic (exact) mass is 238 g/mol. The predicted molar refractivity (Wildman–Crippen MR) is 60.9 cm³/mol. The van der Waals surface area contributed by atoms with E-state index in [1.54, 1.807) is 6.92 Å². The number of amides is 2. The fraction of sp³-hybridized carbons (Fsp3) is 0.750. The Hall–Kier alpha value is -1.23. The largest absolute Gasteiger partial charge is 0.298 e. The molecule has 2 aliphatic rings. The third kappa shape index (κ3) is 1.78. The van der Waals surface area contributed by atoms with E-state index in [9.17, 15) is 14.4 Å². The molecule has 17 heavy (non-hydrogen) atoms. The molecule has 0 saturated carbocycles. The Labute approximate surface area is 101 Å². The number of carbonyl (C=O) groups is 3. The van der Waals surface area contributed by atoms with Crippen LogP contribution in [0.1, 0.15) is 34.1 Å². The lowest BCUT2D eigenvalue weighted by atomic mass is 10.0. The summed E-state index contributed by atoms with van der Waals surface area (Å²) in [5.41, 5.74) is -0.600. The van der Waals surface area contributed by atoms with Crippen LogP contribution in [0.15, 0.2) is 0 Å². The summed E-state index contributed by atoms with van der Waals surface area (Å²) >= 11 is 0. The molecule has 0 N–H and O–H groups in total. The molecular formula is C12H18N2O3. The van der Waals surface area contributed by atoms with Crippen molar-refractivity contribution in [1.29, 1.82) is 0 Å². The molecule has 2 aliphatic heterocycles. The minimum absolute atomic E-state index is 0.0483. The summed E-state index contributed by atoms with van der Waals surface area (Å²) in [6, 6.07) is 0. The van der Waals surface area contributed by atoms with Gasteiger partial charge in [-0.05, 0) is 20.8 Å². The molecule has 2 rings (SSSR count). The van der Waals surface area contributed by atoms with E-state index >= 15 is 0 Å². The highest BCUT2D eigenvalue weighted by molar-refractivity contribution is 6.04. The van der Waals surface area contributed by atoms with E-state index in [-0.39, 0.29) is 29.7 Å². The van der Waals surface area contributed by atoms with Gasteiger partial charge in [0.2, 0.25) is 11.8 Å². The number of hydrogen-bond acceptors (Lipinski definition) is 4. The second-order valence-electron chi connectivity index (χ2n) is 5.46. The highest BCUT2D eigenvalue weighted by Crippen LogP contribution is 2.36. The standard InChI is InChI=1S/C12H18N2O3/c1-7-5-10(16)14(11(7)17)9-6-13(9)12(3,4)8(2)15/h7,9H,5-6H2,1-4H3. The molecule has 0 radical (unpaired) electrons. The fourth-order valence-corrected chi connectivity index (χ4v) is 2.27. The molecule has 2 heterocycles. The zero-order valence-electron chi connectivity index (χ0n) is 10.7. The fourth-order valence-electron chi connectivity index (χ4n) is 2.27. The maximum atomic E-state index is 11.8. The summed E-state index contributed by atoms with van der Waals surface area (Å²) in [5.74, 6) is -0.395. The molecule has 5 nitrogen and oxygen atoms in total. The Balaban J connectivity index is 2.12. The molecule has 5 heteroatoms. The van der Waals surface area contributed by atoms with Crippen molar-refractivity contribution in [3.63, 3.8) is 0 Å². The van der Waals surface area contributed by atoms with Gasteiger partial charge in [-0.15, -0.1) is 0 Å². The van der Waals surface area contributed by atoms with Crippen LogP contribution < -0.4 is 0 Å². The zero-order valence-corrected chi connectivity index (χ0v) is 10.7. The van der Waals surface area contributed by atoms with Gasteiger partial charge in [0.1, 0.15) is 11.9 Å². The van der Waals surface area contributed by atoms with E-state index in [4.69, 9.17) is 0 Å². The molecule has 0 aromatic heterocycles. The van der Waals surface area contributed by atoms with Crippen LogP contribution >= 0.6 is 0 Å². The molecule has 3 unspecified atom stereocenters. The minimum Gasteiger partial charge on any atom is -0.298 e. The third-order valence-corrected chi connectivity index (χ3v) is 3.87. The van der Waals surface area contributed by atoms with Crippen LogP contribution in [0.4, 0.5) is 0 Å². The molecule has 0 aromatic carbocycles. The van der Waals surface area contributed by atoms with Crippen molar-refractivity contribution in [3.05, 3.63) is 0 Å². The smallest absolute Gasteiger partial charge is 0.233 e. The van der Waals surface area contributed by atoms with E-state index in [0.717, 1.165) is 0 Å². The summed E-state index contributed by atoms with van der Waals surface area (Å²) in [6.07, 6.45) is 0.0859. The van der Waals surface area contributed by atoms with E-state index in [2.05, 4.69) is 0 Å². The predicted octanol–water partition coefficient (Wildman–Crippen LogP) is 0.391.